The minimum atomic E-state index is -0.223. The zero-order chi connectivity index (χ0) is 13.9. The van der Waals surface area contributed by atoms with Crippen LogP contribution in [0, 0.1) is 5.82 Å². The van der Waals surface area contributed by atoms with Crippen LogP contribution in [0.3, 0.4) is 0 Å². The molecule has 0 aliphatic carbocycles. The molecule has 2 nitrogen and oxygen atoms in total. The molecule has 0 bridgehead atoms. The van der Waals surface area contributed by atoms with Gasteiger partial charge in [0.25, 0.3) is 0 Å². The topological polar surface area (TPSA) is 24.9 Å². The molecule has 0 aliphatic rings. The molecule has 4 heteroatoms. The first-order valence-corrected chi connectivity index (χ1v) is 6.63. The highest BCUT2D eigenvalue weighted by molar-refractivity contribution is 6.31. The van der Waals surface area contributed by atoms with Crippen molar-refractivity contribution < 1.29 is 4.39 Å². The average molecular weight is 287 g/mol. The van der Waals surface area contributed by atoms with E-state index in [-0.39, 0.29) is 5.82 Å². The largest absolute Gasteiger partial charge is 0.379 e. The lowest BCUT2D eigenvalue weighted by atomic mass is 10.1. The van der Waals surface area contributed by atoms with Gasteiger partial charge < -0.3 is 5.32 Å². The van der Waals surface area contributed by atoms with Gasteiger partial charge in [0.1, 0.15) is 5.82 Å². The van der Waals surface area contributed by atoms with Crippen LogP contribution in [0.1, 0.15) is 5.56 Å². The molecule has 1 heterocycles. The Bertz CT molecular complexity index is 758. The number of rotatable bonds is 3. The molecular weight excluding hydrogens is 275 g/mol. The maximum atomic E-state index is 13.6. The van der Waals surface area contributed by atoms with Crippen molar-refractivity contribution >= 4 is 28.2 Å². The molecule has 0 atom stereocenters. The number of hydrogen-bond donors (Lipinski definition) is 1. The Balaban J connectivity index is 1.93. The predicted octanol–water partition coefficient (Wildman–Crippen LogP) is 4.64. The molecule has 1 N–H and O–H groups in total. The summed E-state index contributed by atoms with van der Waals surface area (Å²) in [6, 6.07) is 14.2. The number of hydrogen-bond acceptors (Lipinski definition) is 2. The Morgan fingerprint density at radius 1 is 1.10 bits per heavy atom. The fourth-order valence-electron chi connectivity index (χ4n) is 2.12. The van der Waals surface area contributed by atoms with Gasteiger partial charge in [-0.05, 0) is 24.3 Å². The summed E-state index contributed by atoms with van der Waals surface area (Å²) in [5.41, 5.74) is 2.24. The van der Waals surface area contributed by atoms with Crippen molar-refractivity contribution in [3.63, 3.8) is 0 Å². The lowest BCUT2D eigenvalue weighted by Gasteiger charge is -2.10. The molecule has 3 rings (SSSR count). The molecule has 0 spiro atoms. The number of nitrogens with zero attached hydrogens (tertiary/aromatic N) is 1. The average Bonchev–Trinajstić information content (AvgIpc) is 2.46. The summed E-state index contributed by atoms with van der Waals surface area (Å²) in [5.74, 6) is -0.223. The van der Waals surface area contributed by atoms with Crippen LogP contribution in [0.25, 0.3) is 10.9 Å². The number of halogens is 2. The zero-order valence-corrected chi connectivity index (χ0v) is 11.4. The van der Waals surface area contributed by atoms with Crippen LogP contribution in [0.2, 0.25) is 5.02 Å². The van der Waals surface area contributed by atoms with Gasteiger partial charge in [-0.2, -0.15) is 0 Å². The van der Waals surface area contributed by atoms with Crippen molar-refractivity contribution in [3.05, 3.63) is 71.1 Å². The molecule has 2 aromatic carbocycles. The molecule has 0 radical (unpaired) electrons. The van der Waals surface area contributed by atoms with Crippen LogP contribution in [-0.2, 0) is 6.54 Å². The van der Waals surface area contributed by atoms with E-state index in [2.05, 4.69) is 10.3 Å². The molecule has 0 saturated carbocycles. The monoisotopic (exact) mass is 286 g/mol. The maximum absolute atomic E-state index is 13.6. The second-order valence-corrected chi connectivity index (χ2v) is 4.91. The first-order chi connectivity index (χ1) is 9.74. The van der Waals surface area contributed by atoms with E-state index in [1.165, 1.54) is 6.07 Å². The van der Waals surface area contributed by atoms with Crippen LogP contribution in [0.5, 0.6) is 0 Å². The summed E-state index contributed by atoms with van der Waals surface area (Å²) < 4.78 is 13.6. The van der Waals surface area contributed by atoms with E-state index in [1.54, 1.807) is 24.4 Å². The Kier molecular flexibility index (Phi) is 3.52. The Hall–Kier alpha value is -2.13. The van der Waals surface area contributed by atoms with Gasteiger partial charge in [0.2, 0.25) is 0 Å². The molecule has 0 aliphatic heterocycles. The molecular formula is C16H12ClFN2. The highest BCUT2D eigenvalue weighted by atomic mass is 35.5. The van der Waals surface area contributed by atoms with Crippen molar-refractivity contribution in [2.24, 2.45) is 0 Å². The number of fused-ring (bicyclic) bond motifs is 1. The molecule has 100 valence electrons. The fourth-order valence-corrected chi connectivity index (χ4v) is 2.35. The van der Waals surface area contributed by atoms with Crippen molar-refractivity contribution in [2.75, 3.05) is 5.32 Å². The van der Waals surface area contributed by atoms with Crippen molar-refractivity contribution in [1.82, 2.24) is 4.98 Å². The summed E-state index contributed by atoms with van der Waals surface area (Å²) in [6.07, 6.45) is 1.73. The molecule has 0 unspecified atom stereocenters. The van der Waals surface area contributed by atoms with Crippen molar-refractivity contribution in [1.29, 1.82) is 0 Å². The fraction of sp³-hybridized carbons (Fsp3) is 0.0625. The van der Waals surface area contributed by atoms with Gasteiger partial charge in [0, 0.05) is 28.7 Å². The zero-order valence-electron chi connectivity index (χ0n) is 10.6. The third-order valence-corrected chi connectivity index (χ3v) is 3.32. The second-order valence-electron chi connectivity index (χ2n) is 4.47. The van der Waals surface area contributed by atoms with Gasteiger partial charge in [-0.1, -0.05) is 35.9 Å². The lowest BCUT2D eigenvalue weighted by molar-refractivity contribution is 0.613. The SMILES string of the molecule is Fc1ccccc1CNc1cc(Cl)cc2cccnc12. The van der Waals surface area contributed by atoms with Gasteiger partial charge >= 0.3 is 0 Å². The van der Waals surface area contributed by atoms with Gasteiger partial charge in [-0.15, -0.1) is 0 Å². The van der Waals surface area contributed by atoms with Crippen LogP contribution in [-0.4, -0.2) is 4.98 Å². The smallest absolute Gasteiger partial charge is 0.128 e. The Morgan fingerprint density at radius 3 is 2.80 bits per heavy atom. The van der Waals surface area contributed by atoms with E-state index in [0.29, 0.717) is 17.1 Å². The number of pyridine rings is 1. The van der Waals surface area contributed by atoms with E-state index in [9.17, 15) is 4.39 Å². The van der Waals surface area contributed by atoms with Crippen molar-refractivity contribution in [3.8, 4) is 0 Å². The molecule has 0 saturated heterocycles. The first kappa shape index (κ1) is 12.9. The summed E-state index contributed by atoms with van der Waals surface area (Å²) in [6.45, 7) is 0.388. The molecule has 1 aromatic heterocycles. The highest BCUT2D eigenvalue weighted by Crippen LogP contribution is 2.26. The Labute approximate surface area is 121 Å². The van der Waals surface area contributed by atoms with E-state index in [4.69, 9.17) is 11.6 Å². The van der Waals surface area contributed by atoms with E-state index in [1.807, 2.05) is 24.3 Å². The van der Waals surface area contributed by atoms with Crippen LogP contribution in [0.15, 0.2) is 54.7 Å². The summed E-state index contributed by atoms with van der Waals surface area (Å²) in [4.78, 5) is 4.34. The molecule has 0 amide bonds. The quantitative estimate of drug-likeness (QED) is 0.759. The minimum Gasteiger partial charge on any atom is -0.379 e. The van der Waals surface area contributed by atoms with Crippen LogP contribution < -0.4 is 5.32 Å². The number of nitrogens with one attached hydrogen (secondary N) is 1. The van der Waals surface area contributed by atoms with Gasteiger partial charge in [0.15, 0.2) is 0 Å². The molecule has 20 heavy (non-hydrogen) atoms. The predicted molar refractivity (Wildman–Crippen MR) is 80.5 cm³/mol. The number of aromatic nitrogens is 1. The summed E-state index contributed by atoms with van der Waals surface area (Å²) >= 11 is 6.09. The number of benzene rings is 2. The standard InChI is InChI=1S/C16H12ClFN2/c17-13-8-11-5-3-7-19-16(11)15(9-13)20-10-12-4-1-2-6-14(12)18/h1-9,20H,10H2. The second kappa shape index (κ2) is 5.47. The molecule has 0 fully saturated rings. The third kappa shape index (κ3) is 2.58. The normalized spacial score (nSPS) is 10.7. The third-order valence-electron chi connectivity index (χ3n) is 3.10. The van der Waals surface area contributed by atoms with E-state index < -0.39 is 0 Å². The van der Waals surface area contributed by atoms with Crippen LogP contribution in [0.4, 0.5) is 10.1 Å². The van der Waals surface area contributed by atoms with Gasteiger partial charge in [-0.3, -0.25) is 4.98 Å². The summed E-state index contributed by atoms with van der Waals surface area (Å²) in [5, 5.41) is 4.78. The van der Waals surface area contributed by atoms with Gasteiger partial charge in [0.05, 0.1) is 11.2 Å². The first-order valence-electron chi connectivity index (χ1n) is 6.25. The molecule has 3 aromatic rings. The minimum absolute atomic E-state index is 0.223. The Morgan fingerprint density at radius 2 is 1.95 bits per heavy atom. The van der Waals surface area contributed by atoms with Crippen molar-refractivity contribution in [2.45, 2.75) is 6.54 Å². The lowest BCUT2D eigenvalue weighted by Crippen LogP contribution is -2.02. The van der Waals surface area contributed by atoms with Gasteiger partial charge in [-0.25, -0.2) is 4.39 Å². The van der Waals surface area contributed by atoms with Crippen LogP contribution >= 0.6 is 11.6 Å². The van der Waals surface area contributed by atoms with E-state index >= 15 is 0 Å². The summed E-state index contributed by atoms with van der Waals surface area (Å²) in [7, 11) is 0. The number of anilines is 1. The maximum Gasteiger partial charge on any atom is 0.128 e. The highest BCUT2D eigenvalue weighted by Gasteiger charge is 2.06. The van der Waals surface area contributed by atoms with E-state index in [0.717, 1.165) is 16.6 Å².